The molecule has 0 unspecified atom stereocenters. The molecule has 8 heteroatoms. The summed E-state index contributed by atoms with van der Waals surface area (Å²) in [6.45, 7) is 6.16. The van der Waals surface area contributed by atoms with Crippen molar-refractivity contribution in [3.05, 3.63) is 59.2 Å². The topological polar surface area (TPSA) is 55.4 Å². The first kappa shape index (κ1) is 23.4. The minimum absolute atomic E-state index is 0. The van der Waals surface area contributed by atoms with Crippen LogP contribution in [0.5, 0.6) is 11.5 Å². The molecule has 0 bridgehead atoms. The van der Waals surface area contributed by atoms with Crippen LogP contribution in [0.1, 0.15) is 19.4 Å². The van der Waals surface area contributed by atoms with E-state index < -0.39 is 0 Å². The van der Waals surface area contributed by atoms with E-state index in [0.717, 1.165) is 46.7 Å². The average Bonchev–Trinajstić information content (AvgIpc) is 3.12. The summed E-state index contributed by atoms with van der Waals surface area (Å²) in [6.07, 6.45) is 1.80. The third kappa shape index (κ3) is 5.58. The van der Waals surface area contributed by atoms with Gasteiger partial charge in [-0.2, -0.15) is 0 Å². The lowest BCUT2D eigenvalue weighted by atomic mass is 10.0. The molecule has 2 aromatic carbocycles. The molecule has 156 valence electrons. The first-order valence-corrected chi connectivity index (χ1v) is 9.30. The van der Waals surface area contributed by atoms with Gasteiger partial charge in [0.25, 0.3) is 0 Å². The highest BCUT2D eigenvalue weighted by molar-refractivity contribution is 6.31. The Bertz CT molecular complexity index is 983. The molecule has 0 saturated heterocycles. The number of rotatable bonds is 6. The average molecular weight is 457 g/mol. The molecule has 0 atom stereocenters. The molecule has 1 aliphatic rings. The normalized spacial score (nSPS) is 12.2. The van der Waals surface area contributed by atoms with Gasteiger partial charge in [-0.05, 0) is 55.8 Å². The van der Waals surface area contributed by atoms with Gasteiger partial charge in [0.05, 0.1) is 5.52 Å². The van der Waals surface area contributed by atoms with Crippen molar-refractivity contribution in [2.75, 3.05) is 18.7 Å². The number of nitrogens with zero attached hydrogens (tertiary/aromatic N) is 1. The van der Waals surface area contributed by atoms with Crippen molar-refractivity contribution in [2.24, 2.45) is 0 Å². The van der Waals surface area contributed by atoms with E-state index >= 15 is 0 Å². The number of hydrogen-bond donors (Lipinski definition) is 2. The number of halogens is 3. The molecule has 2 heterocycles. The summed E-state index contributed by atoms with van der Waals surface area (Å²) in [7, 11) is 0. The van der Waals surface area contributed by atoms with Crippen LogP contribution in [0, 0.1) is 0 Å². The lowest BCUT2D eigenvalue weighted by Gasteiger charge is -2.27. The minimum atomic E-state index is -0.113. The second-order valence-electron chi connectivity index (χ2n) is 7.30. The Kier molecular flexibility index (Phi) is 7.83. The van der Waals surface area contributed by atoms with Crippen LogP contribution in [0.3, 0.4) is 0 Å². The number of hydrogen-bond acceptors (Lipinski definition) is 5. The van der Waals surface area contributed by atoms with Crippen molar-refractivity contribution < 1.29 is 9.47 Å². The van der Waals surface area contributed by atoms with Crippen molar-refractivity contribution >= 4 is 53.0 Å². The third-order valence-electron chi connectivity index (χ3n) is 4.63. The molecule has 0 aliphatic carbocycles. The molecular weight excluding hydrogens is 433 g/mol. The highest BCUT2D eigenvalue weighted by atomic mass is 35.5. The third-order valence-corrected chi connectivity index (χ3v) is 4.87. The zero-order valence-corrected chi connectivity index (χ0v) is 18.6. The van der Waals surface area contributed by atoms with Crippen molar-refractivity contribution in [2.45, 2.75) is 25.9 Å². The van der Waals surface area contributed by atoms with Gasteiger partial charge >= 0.3 is 0 Å². The lowest BCUT2D eigenvalue weighted by molar-refractivity contribution is 0.174. The molecule has 5 nitrogen and oxygen atoms in total. The molecule has 0 fully saturated rings. The van der Waals surface area contributed by atoms with E-state index in [9.17, 15) is 0 Å². The zero-order chi connectivity index (χ0) is 18.9. The lowest BCUT2D eigenvalue weighted by Crippen LogP contribution is -2.44. The fourth-order valence-electron chi connectivity index (χ4n) is 3.05. The van der Waals surface area contributed by atoms with Crippen LogP contribution >= 0.6 is 36.4 Å². The fraction of sp³-hybridized carbons (Fsp3) is 0.286. The summed E-state index contributed by atoms with van der Waals surface area (Å²) in [5.41, 5.74) is 2.99. The van der Waals surface area contributed by atoms with Crippen LogP contribution in [-0.4, -0.2) is 23.9 Å². The quantitative estimate of drug-likeness (QED) is 0.517. The van der Waals surface area contributed by atoms with Crippen LogP contribution in [-0.2, 0) is 6.54 Å². The predicted molar refractivity (Wildman–Crippen MR) is 123 cm³/mol. The molecule has 0 amide bonds. The summed E-state index contributed by atoms with van der Waals surface area (Å²) < 4.78 is 10.8. The van der Waals surface area contributed by atoms with Gasteiger partial charge in [0.1, 0.15) is 0 Å². The highest BCUT2D eigenvalue weighted by Crippen LogP contribution is 2.32. The number of benzene rings is 2. The molecule has 3 aromatic rings. The molecule has 0 spiro atoms. The van der Waals surface area contributed by atoms with Gasteiger partial charge < -0.3 is 20.1 Å². The summed E-state index contributed by atoms with van der Waals surface area (Å²) in [6, 6.07) is 13.8. The van der Waals surface area contributed by atoms with Crippen LogP contribution in [0.4, 0.5) is 5.69 Å². The van der Waals surface area contributed by atoms with E-state index in [4.69, 9.17) is 21.1 Å². The molecule has 1 aromatic heterocycles. The Morgan fingerprint density at radius 1 is 1.03 bits per heavy atom. The Labute approximate surface area is 188 Å². The fourth-order valence-corrected chi connectivity index (χ4v) is 3.21. The molecular formula is C21H24Cl3N3O2. The van der Waals surface area contributed by atoms with E-state index in [-0.39, 0.29) is 30.4 Å². The number of fused-ring (bicyclic) bond motifs is 2. The van der Waals surface area contributed by atoms with Gasteiger partial charge in [0.15, 0.2) is 11.5 Å². The number of nitrogens with one attached hydrogen (secondary N) is 2. The van der Waals surface area contributed by atoms with Gasteiger partial charge in [-0.15, -0.1) is 24.8 Å². The van der Waals surface area contributed by atoms with Gasteiger partial charge in [-0.3, -0.25) is 4.98 Å². The number of ether oxygens (including phenoxy) is 2. The predicted octanol–water partition coefficient (Wildman–Crippen LogP) is 5.44. The largest absolute Gasteiger partial charge is 0.454 e. The van der Waals surface area contributed by atoms with Crippen molar-refractivity contribution in [3.8, 4) is 11.5 Å². The number of anilines is 1. The maximum absolute atomic E-state index is 6.07. The summed E-state index contributed by atoms with van der Waals surface area (Å²) >= 11 is 6.07. The van der Waals surface area contributed by atoms with Crippen LogP contribution in [0.25, 0.3) is 10.9 Å². The van der Waals surface area contributed by atoms with Crippen molar-refractivity contribution in [1.82, 2.24) is 10.3 Å². The first-order valence-electron chi connectivity index (χ1n) is 8.92. The van der Waals surface area contributed by atoms with Gasteiger partial charge in [0.2, 0.25) is 6.79 Å². The Hall–Kier alpha value is -1.92. The first-order chi connectivity index (χ1) is 13.0. The number of pyridine rings is 1. The molecule has 0 radical (unpaired) electrons. The zero-order valence-electron chi connectivity index (χ0n) is 16.2. The van der Waals surface area contributed by atoms with E-state index in [1.54, 1.807) is 6.20 Å². The SMILES string of the molecule is CC(C)(CNc1ccnc2cc(Cl)ccc12)NCc1ccc2c(c1)OCO2.Cl.Cl. The van der Waals surface area contributed by atoms with E-state index in [1.807, 2.05) is 36.4 Å². The Morgan fingerprint density at radius 2 is 1.83 bits per heavy atom. The Balaban J connectivity index is 0.00000150. The van der Waals surface area contributed by atoms with Crippen LogP contribution in [0.15, 0.2) is 48.7 Å². The minimum Gasteiger partial charge on any atom is -0.454 e. The van der Waals surface area contributed by atoms with Gasteiger partial charge in [-0.1, -0.05) is 17.7 Å². The maximum atomic E-state index is 6.07. The van der Waals surface area contributed by atoms with Crippen molar-refractivity contribution in [1.29, 1.82) is 0 Å². The molecule has 29 heavy (non-hydrogen) atoms. The number of aromatic nitrogens is 1. The highest BCUT2D eigenvalue weighted by Gasteiger charge is 2.19. The van der Waals surface area contributed by atoms with Crippen molar-refractivity contribution in [3.63, 3.8) is 0 Å². The van der Waals surface area contributed by atoms with Gasteiger partial charge in [-0.25, -0.2) is 0 Å². The van der Waals surface area contributed by atoms with E-state index in [2.05, 4.69) is 35.5 Å². The molecule has 2 N–H and O–H groups in total. The van der Waals surface area contributed by atoms with E-state index in [0.29, 0.717) is 11.8 Å². The summed E-state index contributed by atoms with van der Waals surface area (Å²) in [5.74, 6) is 1.62. The standard InChI is InChI=1S/C21H22ClN3O2.2ClH/c1-21(2,25-11-14-3-6-19-20(9-14)27-13-26-19)12-24-17-7-8-23-18-10-15(22)4-5-16(17)18;;/h3-10,25H,11-13H2,1-2H3,(H,23,24);2*1H. The molecule has 4 rings (SSSR count). The summed E-state index contributed by atoms with van der Waals surface area (Å²) in [5, 5.41) is 8.89. The molecule has 1 aliphatic heterocycles. The van der Waals surface area contributed by atoms with Gasteiger partial charge in [0, 0.05) is 40.9 Å². The van der Waals surface area contributed by atoms with Crippen LogP contribution < -0.4 is 20.1 Å². The summed E-state index contributed by atoms with van der Waals surface area (Å²) in [4.78, 5) is 4.39. The van der Waals surface area contributed by atoms with E-state index in [1.165, 1.54) is 0 Å². The smallest absolute Gasteiger partial charge is 0.231 e. The monoisotopic (exact) mass is 455 g/mol. The maximum Gasteiger partial charge on any atom is 0.231 e. The molecule has 0 saturated carbocycles. The van der Waals surface area contributed by atoms with Crippen LogP contribution in [0.2, 0.25) is 5.02 Å². The second-order valence-corrected chi connectivity index (χ2v) is 7.74. The Morgan fingerprint density at radius 3 is 2.66 bits per heavy atom. The second kappa shape index (κ2) is 9.72.